The largest absolute Gasteiger partial charge is 0.353 e. The first-order valence-electron chi connectivity index (χ1n) is 9.67. The van der Waals surface area contributed by atoms with Gasteiger partial charge >= 0.3 is 0 Å². The van der Waals surface area contributed by atoms with E-state index in [0.29, 0.717) is 12.6 Å². The zero-order chi connectivity index (χ0) is 19.1. The standard InChI is InChI=1S/C21H28N4OS/c1-16-9-11-17(12-10-16)13-14-20(26)22-15-5-8-19-23-24-21(27-2)25(19)18-6-3-4-7-18/h9-14,18H,3-8,15H2,1-2H3,(H,22,26)/b14-13+. The van der Waals surface area contributed by atoms with E-state index in [2.05, 4.69) is 33.3 Å². The lowest BCUT2D eigenvalue weighted by Crippen LogP contribution is -2.23. The Morgan fingerprint density at radius 3 is 2.70 bits per heavy atom. The number of benzene rings is 1. The summed E-state index contributed by atoms with van der Waals surface area (Å²) in [5.74, 6) is 0.994. The molecule has 1 fully saturated rings. The number of hydrogen-bond donors (Lipinski definition) is 1. The minimum absolute atomic E-state index is 0.0577. The molecule has 1 aliphatic rings. The van der Waals surface area contributed by atoms with Gasteiger partial charge in [0, 0.05) is 25.1 Å². The topological polar surface area (TPSA) is 59.8 Å². The van der Waals surface area contributed by atoms with Gasteiger partial charge in [0.1, 0.15) is 5.82 Å². The number of amides is 1. The quantitative estimate of drug-likeness (QED) is 0.421. The van der Waals surface area contributed by atoms with Crippen LogP contribution in [0.2, 0.25) is 0 Å². The molecule has 0 aliphatic heterocycles. The van der Waals surface area contributed by atoms with Crippen LogP contribution in [-0.2, 0) is 11.2 Å². The van der Waals surface area contributed by atoms with Gasteiger partial charge < -0.3 is 9.88 Å². The molecule has 1 aromatic heterocycles. The first-order chi connectivity index (χ1) is 13.2. The third-order valence-electron chi connectivity index (χ3n) is 4.99. The lowest BCUT2D eigenvalue weighted by atomic mass is 10.1. The highest BCUT2D eigenvalue weighted by Crippen LogP contribution is 2.33. The van der Waals surface area contributed by atoms with Crippen LogP contribution in [-0.4, -0.2) is 33.5 Å². The van der Waals surface area contributed by atoms with E-state index < -0.39 is 0 Å². The van der Waals surface area contributed by atoms with E-state index in [0.717, 1.165) is 29.4 Å². The van der Waals surface area contributed by atoms with E-state index in [1.54, 1.807) is 17.8 Å². The fraction of sp³-hybridized carbons (Fsp3) is 0.476. The molecular weight excluding hydrogens is 356 g/mol. The second-order valence-corrected chi connectivity index (χ2v) is 7.82. The van der Waals surface area contributed by atoms with Gasteiger partial charge in [-0.05, 0) is 44.1 Å². The summed E-state index contributed by atoms with van der Waals surface area (Å²) < 4.78 is 2.33. The molecule has 0 radical (unpaired) electrons. The summed E-state index contributed by atoms with van der Waals surface area (Å²) in [5.41, 5.74) is 2.25. The Morgan fingerprint density at radius 2 is 2.00 bits per heavy atom. The maximum atomic E-state index is 12.0. The van der Waals surface area contributed by atoms with Gasteiger partial charge in [-0.25, -0.2) is 0 Å². The zero-order valence-corrected chi connectivity index (χ0v) is 17.0. The predicted molar refractivity (Wildman–Crippen MR) is 111 cm³/mol. The molecule has 0 bridgehead atoms. The highest BCUT2D eigenvalue weighted by Gasteiger charge is 2.23. The van der Waals surface area contributed by atoms with Crippen molar-refractivity contribution in [2.24, 2.45) is 0 Å². The molecule has 6 heteroatoms. The molecule has 3 rings (SSSR count). The molecule has 1 aromatic carbocycles. The normalized spacial score (nSPS) is 14.9. The van der Waals surface area contributed by atoms with Crippen molar-refractivity contribution in [3.8, 4) is 0 Å². The smallest absolute Gasteiger partial charge is 0.243 e. The molecule has 1 amide bonds. The number of carbonyl (C=O) groups is 1. The molecule has 1 saturated carbocycles. The van der Waals surface area contributed by atoms with Crippen LogP contribution >= 0.6 is 11.8 Å². The summed E-state index contributed by atoms with van der Waals surface area (Å²) >= 11 is 1.66. The predicted octanol–water partition coefficient (Wildman–Crippen LogP) is 4.19. The molecule has 0 atom stereocenters. The van der Waals surface area contributed by atoms with Crippen molar-refractivity contribution in [3.05, 3.63) is 47.3 Å². The van der Waals surface area contributed by atoms with Crippen molar-refractivity contribution in [2.75, 3.05) is 12.8 Å². The van der Waals surface area contributed by atoms with Crippen LogP contribution < -0.4 is 5.32 Å². The van der Waals surface area contributed by atoms with Gasteiger partial charge in [0.15, 0.2) is 5.16 Å². The molecule has 1 aliphatic carbocycles. The van der Waals surface area contributed by atoms with Crippen molar-refractivity contribution in [3.63, 3.8) is 0 Å². The molecule has 1 N–H and O–H groups in total. The fourth-order valence-electron chi connectivity index (χ4n) is 3.51. The Hall–Kier alpha value is -2.08. The van der Waals surface area contributed by atoms with Gasteiger partial charge in [-0.2, -0.15) is 0 Å². The van der Waals surface area contributed by atoms with E-state index >= 15 is 0 Å². The average molecular weight is 385 g/mol. The average Bonchev–Trinajstić information content (AvgIpc) is 3.33. The maximum absolute atomic E-state index is 12.0. The van der Waals surface area contributed by atoms with E-state index in [9.17, 15) is 4.79 Å². The SMILES string of the molecule is CSc1nnc(CCCNC(=O)/C=C/c2ccc(C)cc2)n1C1CCCC1. The van der Waals surface area contributed by atoms with Crippen LogP contribution in [0.15, 0.2) is 35.5 Å². The molecule has 0 spiro atoms. The van der Waals surface area contributed by atoms with Crippen LogP contribution in [0.1, 0.15) is 55.1 Å². The second-order valence-electron chi connectivity index (χ2n) is 7.05. The summed E-state index contributed by atoms with van der Waals surface area (Å²) in [4.78, 5) is 12.0. The Morgan fingerprint density at radius 1 is 1.26 bits per heavy atom. The van der Waals surface area contributed by atoms with E-state index in [1.165, 1.54) is 31.2 Å². The van der Waals surface area contributed by atoms with Crippen molar-refractivity contribution in [2.45, 2.75) is 56.6 Å². The monoisotopic (exact) mass is 384 g/mol. The van der Waals surface area contributed by atoms with Crippen LogP contribution in [0.3, 0.4) is 0 Å². The number of hydrogen-bond acceptors (Lipinski definition) is 4. The number of nitrogens with one attached hydrogen (secondary N) is 1. The summed E-state index contributed by atoms with van der Waals surface area (Å²) in [6, 6.07) is 8.66. The molecule has 1 heterocycles. The van der Waals surface area contributed by atoms with Crippen molar-refractivity contribution >= 4 is 23.7 Å². The van der Waals surface area contributed by atoms with Crippen LogP contribution in [0.25, 0.3) is 6.08 Å². The van der Waals surface area contributed by atoms with Gasteiger partial charge in [0.25, 0.3) is 0 Å². The summed E-state index contributed by atoms with van der Waals surface area (Å²) in [6.45, 7) is 2.69. The second kappa shape index (κ2) is 9.74. The third kappa shape index (κ3) is 5.45. The molecule has 0 unspecified atom stereocenters. The molecular formula is C21H28N4OS. The first kappa shape index (κ1) is 19.7. The minimum Gasteiger partial charge on any atom is -0.353 e. The Labute approximate surface area is 165 Å². The Kier molecular flexibility index (Phi) is 7.10. The van der Waals surface area contributed by atoms with Gasteiger partial charge in [-0.15, -0.1) is 10.2 Å². The van der Waals surface area contributed by atoms with Gasteiger partial charge in [-0.3, -0.25) is 4.79 Å². The van der Waals surface area contributed by atoms with Crippen LogP contribution in [0.5, 0.6) is 0 Å². The van der Waals surface area contributed by atoms with Crippen molar-refractivity contribution < 1.29 is 4.79 Å². The molecule has 144 valence electrons. The number of nitrogens with zero attached hydrogens (tertiary/aromatic N) is 3. The molecule has 0 saturated heterocycles. The molecule has 2 aromatic rings. The highest BCUT2D eigenvalue weighted by atomic mass is 32.2. The van der Waals surface area contributed by atoms with Gasteiger partial charge in [0.05, 0.1) is 0 Å². The first-order valence-corrected chi connectivity index (χ1v) is 10.9. The summed E-state index contributed by atoms with van der Waals surface area (Å²) in [5, 5.41) is 12.7. The van der Waals surface area contributed by atoms with Crippen molar-refractivity contribution in [1.82, 2.24) is 20.1 Å². The van der Waals surface area contributed by atoms with Crippen LogP contribution in [0, 0.1) is 6.92 Å². The zero-order valence-electron chi connectivity index (χ0n) is 16.1. The number of rotatable bonds is 8. The third-order valence-corrected chi connectivity index (χ3v) is 5.63. The van der Waals surface area contributed by atoms with E-state index in [4.69, 9.17) is 0 Å². The van der Waals surface area contributed by atoms with Gasteiger partial charge in [0.2, 0.25) is 5.91 Å². The minimum atomic E-state index is -0.0577. The Bertz CT molecular complexity index is 776. The fourth-order valence-corrected chi connectivity index (χ4v) is 4.09. The number of carbonyl (C=O) groups excluding carboxylic acids is 1. The van der Waals surface area contributed by atoms with Gasteiger partial charge in [-0.1, -0.05) is 54.4 Å². The number of aryl methyl sites for hydroxylation is 2. The summed E-state index contributed by atoms with van der Waals surface area (Å²) in [7, 11) is 0. The number of thioether (sulfide) groups is 1. The van der Waals surface area contributed by atoms with E-state index in [-0.39, 0.29) is 5.91 Å². The molecule has 27 heavy (non-hydrogen) atoms. The van der Waals surface area contributed by atoms with Crippen molar-refractivity contribution in [1.29, 1.82) is 0 Å². The highest BCUT2D eigenvalue weighted by molar-refractivity contribution is 7.98. The lowest BCUT2D eigenvalue weighted by molar-refractivity contribution is -0.116. The summed E-state index contributed by atoms with van der Waals surface area (Å²) in [6.07, 6.45) is 12.2. The van der Waals surface area contributed by atoms with E-state index in [1.807, 2.05) is 30.3 Å². The lowest BCUT2D eigenvalue weighted by Gasteiger charge is -2.16. The molecule has 5 nitrogen and oxygen atoms in total. The van der Waals surface area contributed by atoms with Crippen LogP contribution in [0.4, 0.5) is 0 Å². The number of aromatic nitrogens is 3. The Balaban J connectivity index is 1.46. The maximum Gasteiger partial charge on any atom is 0.243 e.